The minimum Gasteiger partial charge on any atom is -0.454 e. The monoisotopic (exact) mass is 428 g/mol. The van der Waals surface area contributed by atoms with Crippen LogP contribution in [0.2, 0.25) is 0 Å². The second-order valence-electron chi connectivity index (χ2n) is 7.55. The molecule has 0 aromatic heterocycles. The number of amides is 2. The molecule has 1 N–H and O–H groups in total. The lowest BCUT2D eigenvalue weighted by Gasteiger charge is -2.30. The van der Waals surface area contributed by atoms with E-state index < -0.39 is 6.04 Å². The first-order valence-electron chi connectivity index (χ1n) is 10.7. The molecule has 2 aromatic carbocycles. The molecule has 0 saturated carbocycles. The average molecular weight is 429 g/mol. The summed E-state index contributed by atoms with van der Waals surface area (Å²) in [6.45, 7) is 4.88. The Balaban J connectivity index is 1.73. The number of carbonyl (C=O) groups is 2. The number of carbonyl (C=O) groups excluding carboxylic acids is 2. The van der Waals surface area contributed by atoms with Gasteiger partial charge in [-0.1, -0.05) is 32.0 Å². The van der Waals surface area contributed by atoms with E-state index in [1.807, 2.05) is 32.0 Å². The lowest BCUT2D eigenvalue weighted by molar-refractivity contribution is -0.141. The van der Waals surface area contributed by atoms with Crippen LogP contribution in [0.15, 0.2) is 42.5 Å². The first kappa shape index (κ1) is 22.6. The fraction of sp³-hybridized carbons (Fsp3) is 0.417. The standard InChI is InChI=1S/C24H29FN2O4/c1-3-13-26-24(29)20(4-2)27(15-18-5-9-19(25)10-6-18)23(28)12-8-17-7-11-21-22(14-17)31-16-30-21/h5-7,9-11,14,20H,3-4,8,12-13,15-16H2,1-2H3,(H,26,29)/t20-/m1/s1. The Labute approximate surface area is 182 Å². The maximum Gasteiger partial charge on any atom is 0.242 e. The first-order valence-corrected chi connectivity index (χ1v) is 10.7. The summed E-state index contributed by atoms with van der Waals surface area (Å²) in [6, 6.07) is 11.1. The van der Waals surface area contributed by atoms with Crippen LogP contribution in [0.5, 0.6) is 11.5 Å². The van der Waals surface area contributed by atoms with E-state index in [4.69, 9.17) is 9.47 Å². The number of benzene rings is 2. The molecule has 0 saturated heterocycles. The van der Waals surface area contributed by atoms with Crippen LogP contribution in [0.3, 0.4) is 0 Å². The molecule has 0 radical (unpaired) electrons. The lowest BCUT2D eigenvalue weighted by atomic mass is 10.1. The quantitative estimate of drug-likeness (QED) is 0.625. The van der Waals surface area contributed by atoms with Crippen molar-refractivity contribution >= 4 is 11.8 Å². The van der Waals surface area contributed by atoms with Gasteiger partial charge in [-0.25, -0.2) is 4.39 Å². The van der Waals surface area contributed by atoms with Crippen molar-refractivity contribution in [3.05, 3.63) is 59.4 Å². The molecule has 0 unspecified atom stereocenters. The maximum atomic E-state index is 13.3. The Morgan fingerprint density at radius 3 is 2.48 bits per heavy atom. The van der Waals surface area contributed by atoms with Crippen LogP contribution in [0.4, 0.5) is 4.39 Å². The topological polar surface area (TPSA) is 67.9 Å². The molecule has 0 aliphatic carbocycles. The minimum atomic E-state index is -0.583. The number of fused-ring (bicyclic) bond motifs is 1. The minimum absolute atomic E-state index is 0.125. The van der Waals surface area contributed by atoms with Crippen LogP contribution < -0.4 is 14.8 Å². The summed E-state index contributed by atoms with van der Waals surface area (Å²) >= 11 is 0. The molecule has 2 aromatic rings. The highest BCUT2D eigenvalue weighted by Crippen LogP contribution is 2.32. The largest absolute Gasteiger partial charge is 0.454 e. The molecule has 31 heavy (non-hydrogen) atoms. The summed E-state index contributed by atoms with van der Waals surface area (Å²) in [7, 11) is 0. The first-order chi connectivity index (χ1) is 15.0. The summed E-state index contributed by atoms with van der Waals surface area (Å²) < 4.78 is 24.0. The third kappa shape index (κ3) is 5.96. The zero-order valence-corrected chi connectivity index (χ0v) is 18.0. The normalized spacial score (nSPS) is 13.0. The fourth-order valence-corrected chi connectivity index (χ4v) is 3.56. The molecule has 1 aliphatic heterocycles. The summed E-state index contributed by atoms with van der Waals surface area (Å²) in [5.74, 6) is 0.755. The van der Waals surface area contributed by atoms with Crippen LogP contribution in [0, 0.1) is 5.82 Å². The molecule has 0 fully saturated rings. The number of nitrogens with one attached hydrogen (secondary N) is 1. The van der Waals surface area contributed by atoms with Crippen molar-refractivity contribution in [2.75, 3.05) is 13.3 Å². The van der Waals surface area contributed by atoms with Gasteiger partial charge < -0.3 is 19.7 Å². The fourth-order valence-electron chi connectivity index (χ4n) is 3.56. The van der Waals surface area contributed by atoms with Crippen molar-refractivity contribution in [2.24, 2.45) is 0 Å². The van der Waals surface area contributed by atoms with Crippen molar-refractivity contribution in [3.8, 4) is 11.5 Å². The lowest BCUT2D eigenvalue weighted by Crippen LogP contribution is -2.49. The van der Waals surface area contributed by atoms with Gasteiger partial charge in [0.05, 0.1) is 0 Å². The number of hydrogen-bond acceptors (Lipinski definition) is 4. The molecule has 3 rings (SSSR count). The Bertz CT molecular complexity index is 901. The van der Waals surface area contributed by atoms with Crippen LogP contribution in [-0.4, -0.2) is 36.1 Å². The van der Waals surface area contributed by atoms with E-state index in [9.17, 15) is 14.0 Å². The van der Waals surface area contributed by atoms with Gasteiger partial charge in [0.2, 0.25) is 18.6 Å². The molecular formula is C24H29FN2O4. The SMILES string of the molecule is CCCNC(=O)[C@@H](CC)N(Cc1ccc(F)cc1)C(=O)CCc1ccc2c(c1)OCO2. The third-order valence-electron chi connectivity index (χ3n) is 5.27. The highest BCUT2D eigenvalue weighted by molar-refractivity contribution is 5.87. The Morgan fingerprint density at radius 1 is 1.06 bits per heavy atom. The molecular weight excluding hydrogens is 399 g/mol. The summed E-state index contributed by atoms with van der Waals surface area (Å²) in [5.41, 5.74) is 1.74. The predicted molar refractivity (Wildman–Crippen MR) is 115 cm³/mol. The van der Waals surface area contributed by atoms with Gasteiger partial charge in [0.1, 0.15) is 11.9 Å². The van der Waals surface area contributed by atoms with Gasteiger partial charge in [0.15, 0.2) is 11.5 Å². The number of aryl methyl sites for hydroxylation is 1. The molecule has 7 heteroatoms. The molecule has 166 valence electrons. The third-order valence-corrected chi connectivity index (χ3v) is 5.27. The number of halogens is 1. The number of nitrogens with zero attached hydrogens (tertiary/aromatic N) is 1. The van der Waals surface area contributed by atoms with Crippen LogP contribution >= 0.6 is 0 Å². The smallest absolute Gasteiger partial charge is 0.242 e. The maximum absolute atomic E-state index is 13.3. The van der Waals surface area contributed by atoms with Gasteiger partial charge in [0, 0.05) is 19.5 Å². The van der Waals surface area contributed by atoms with E-state index in [1.54, 1.807) is 17.0 Å². The van der Waals surface area contributed by atoms with E-state index in [-0.39, 0.29) is 37.4 Å². The zero-order chi connectivity index (χ0) is 22.2. The van der Waals surface area contributed by atoms with Crippen LogP contribution in [0.25, 0.3) is 0 Å². The highest BCUT2D eigenvalue weighted by atomic mass is 19.1. The van der Waals surface area contributed by atoms with Crippen molar-refractivity contribution in [1.82, 2.24) is 10.2 Å². The molecule has 2 amide bonds. The molecule has 1 atom stereocenters. The van der Waals surface area contributed by atoms with Crippen LogP contribution in [-0.2, 0) is 22.6 Å². The predicted octanol–water partition coefficient (Wildman–Crippen LogP) is 3.82. The van der Waals surface area contributed by atoms with E-state index in [0.717, 1.165) is 17.5 Å². The average Bonchev–Trinajstić information content (AvgIpc) is 3.25. The second kappa shape index (κ2) is 10.8. The van der Waals surface area contributed by atoms with Gasteiger partial charge in [-0.2, -0.15) is 0 Å². The summed E-state index contributed by atoms with van der Waals surface area (Å²) in [4.78, 5) is 27.5. The number of rotatable bonds is 10. The van der Waals surface area contributed by atoms with Crippen molar-refractivity contribution in [1.29, 1.82) is 0 Å². The van der Waals surface area contributed by atoms with Gasteiger partial charge in [-0.15, -0.1) is 0 Å². The van der Waals surface area contributed by atoms with Crippen molar-refractivity contribution < 1.29 is 23.5 Å². The van der Waals surface area contributed by atoms with E-state index in [1.165, 1.54) is 12.1 Å². The van der Waals surface area contributed by atoms with Crippen LogP contribution in [0.1, 0.15) is 44.2 Å². The zero-order valence-electron chi connectivity index (χ0n) is 18.0. The Kier molecular flexibility index (Phi) is 7.87. The summed E-state index contributed by atoms with van der Waals surface area (Å²) in [6.07, 6.45) is 2.07. The summed E-state index contributed by atoms with van der Waals surface area (Å²) in [5, 5.41) is 2.89. The van der Waals surface area contributed by atoms with E-state index >= 15 is 0 Å². The van der Waals surface area contributed by atoms with Crippen molar-refractivity contribution in [3.63, 3.8) is 0 Å². The molecule has 6 nitrogen and oxygen atoms in total. The van der Waals surface area contributed by atoms with Gasteiger partial charge in [-0.05, 0) is 54.7 Å². The second-order valence-corrected chi connectivity index (χ2v) is 7.55. The van der Waals surface area contributed by atoms with Gasteiger partial charge in [-0.3, -0.25) is 9.59 Å². The van der Waals surface area contributed by atoms with Gasteiger partial charge >= 0.3 is 0 Å². The van der Waals surface area contributed by atoms with Gasteiger partial charge in [0.25, 0.3) is 0 Å². The number of hydrogen-bond donors (Lipinski definition) is 1. The number of ether oxygens (including phenoxy) is 2. The highest BCUT2D eigenvalue weighted by Gasteiger charge is 2.28. The molecule has 0 spiro atoms. The molecule has 1 heterocycles. The van der Waals surface area contributed by atoms with E-state index in [2.05, 4.69) is 5.32 Å². The van der Waals surface area contributed by atoms with Crippen molar-refractivity contribution in [2.45, 2.75) is 52.1 Å². The molecule has 1 aliphatic rings. The molecule has 0 bridgehead atoms. The Morgan fingerprint density at radius 2 is 1.77 bits per heavy atom. The Hall–Kier alpha value is -3.09. The van der Waals surface area contributed by atoms with E-state index in [0.29, 0.717) is 30.9 Å².